The maximum Gasteiger partial charge on any atom is 0.239 e. The minimum absolute atomic E-state index is 0.00802. The number of aromatic nitrogens is 2. The van der Waals surface area contributed by atoms with E-state index in [1.807, 2.05) is 38.2 Å². The first-order valence-corrected chi connectivity index (χ1v) is 8.60. The smallest absolute Gasteiger partial charge is 0.239 e. The number of aryl methyl sites for hydroxylation is 2. The van der Waals surface area contributed by atoms with E-state index in [9.17, 15) is 4.79 Å². The Balaban J connectivity index is 2.17. The Morgan fingerprint density at radius 1 is 1.43 bits per heavy atom. The number of halogens is 1. The fourth-order valence-electron chi connectivity index (χ4n) is 2.88. The van der Waals surface area contributed by atoms with Crippen LogP contribution in [0.2, 0.25) is 5.02 Å². The van der Waals surface area contributed by atoms with Gasteiger partial charge in [0.25, 0.3) is 0 Å². The molecule has 23 heavy (non-hydrogen) atoms. The Kier molecular flexibility index (Phi) is 4.38. The molecule has 1 unspecified atom stereocenters. The van der Waals surface area contributed by atoms with Gasteiger partial charge >= 0.3 is 0 Å². The normalized spacial score (nSPS) is 17.6. The number of terminal acetylenes is 1. The van der Waals surface area contributed by atoms with Crippen LogP contribution in [-0.2, 0) is 11.8 Å². The molecule has 0 bridgehead atoms. The molecule has 1 aromatic carbocycles. The molecule has 3 rings (SSSR count). The zero-order valence-electron chi connectivity index (χ0n) is 12.9. The molecule has 118 valence electrons. The number of amides is 1. The molecule has 0 N–H and O–H groups in total. The van der Waals surface area contributed by atoms with E-state index < -0.39 is 0 Å². The number of hydrogen-bond acceptors (Lipinski definition) is 3. The number of rotatable bonds is 2. The molecule has 6 heteroatoms. The van der Waals surface area contributed by atoms with Crippen molar-refractivity contribution in [2.24, 2.45) is 7.05 Å². The van der Waals surface area contributed by atoms with Gasteiger partial charge in [-0.05, 0) is 24.6 Å². The number of hydrogen-bond donors (Lipinski definition) is 0. The van der Waals surface area contributed by atoms with Gasteiger partial charge in [-0.1, -0.05) is 29.7 Å². The van der Waals surface area contributed by atoms with E-state index in [2.05, 4.69) is 11.0 Å². The van der Waals surface area contributed by atoms with Crippen LogP contribution in [0.3, 0.4) is 0 Å². The van der Waals surface area contributed by atoms with Crippen LogP contribution < -0.4 is 4.90 Å². The van der Waals surface area contributed by atoms with Gasteiger partial charge in [-0.15, -0.1) is 18.2 Å². The Hall–Kier alpha value is -1.90. The van der Waals surface area contributed by atoms with Gasteiger partial charge in [-0.25, -0.2) is 0 Å². The summed E-state index contributed by atoms with van der Waals surface area (Å²) in [4.78, 5) is 14.2. The van der Waals surface area contributed by atoms with E-state index in [1.165, 1.54) is 0 Å². The molecule has 0 saturated heterocycles. The Morgan fingerprint density at radius 2 is 2.13 bits per heavy atom. The number of nitrogens with zero attached hydrogens (tertiary/aromatic N) is 3. The van der Waals surface area contributed by atoms with Crippen molar-refractivity contribution in [1.29, 1.82) is 0 Å². The number of anilines is 1. The summed E-state index contributed by atoms with van der Waals surface area (Å²) in [5.41, 5.74) is 3.06. The lowest BCUT2D eigenvalue weighted by Crippen LogP contribution is -2.33. The molecule has 2 heterocycles. The van der Waals surface area contributed by atoms with Crippen molar-refractivity contribution in [3.63, 3.8) is 0 Å². The fraction of sp³-hybridized carbons (Fsp3) is 0.294. The summed E-state index contributed by atoms with van der Waals surface area (Å²) in [5.74, 6) is 3.75. The van der Waals surface area contributed by atoms with Gasteiger partial charge in [0.2, 0.25) is 5.91 Å². The lowest BCUT2D eigenvalue weighted by atomic mass is 10.0. The molecule has 1 amide bonds. The second kappa shape index (κ2) is 6.31. The maximum atomic E-state index is 12.5. The van der Waals surface area contributed by atoms with E-state index in [-0.39, 0.29) is 17.7 Å². The highest BCUT2D eigenvalue weighted by atomic mass is 35.5. The van der Waals surface area contributed by atoms with Gasteiger partial charge in [0.15, 0.2) is 0 Å². The van der Waals surface area contributed by atoms with Gasteiger partial charge in [-0.2, -0.15) is 5.10 Å². The first kappa shape index (κ1) is 16.0. The molecular weight excluding hydrogens is 330 g/mol. The average molecular weight is 346 g/mol. The summed E-state index contributed by atoms with van der Waals surface area (Å²) >= 11 is 7.59. The van der Waals surface area contributed by atoms with Crippen LogP contribution >= 0.6 is 23.4 Å². The predicted octanol–water partition coefficient (Wildman–Crippen LogP) is 3.18. The third kappa shape index (κ3) is 2.85. The molecule has 0 spiro atoms. The van der Waals surface area contributed by atoms with Crippen LogP contribution in [-0.4, -0.2) is 28.0 Å². The molecule has 0 radical (unpaired) electrons. The summed E-state index contributed by atoms with van der Waals surface area (Å²) in [5, 5.41) is 5.23. The SMILES string of the molecule is C#CCN1C(=O)CSC(c2ccc(Cl)cc2)c2c(C)nn(C)c21. The molecule has 0 saturated carbocycles. The maximum absolute atomic E-state index is 12.5. The summed E-state index contributed by atoms with van der Waals surface area (Å²) in [7, 11) is 1.84. The van der Waals surface area contributed by atoms with E-state index >= 15 is 0 Å². The van der Waals surface area contributed by atoms with Crippen molar-refractivity contribution in [3.8, 4) is 12.3 Å². The highest BCUT2D eigenvalue weighted by molar-refractivity contribution is 8.00. The number of benzene rings is 1. The van der Waals surface area contributed by atoms with Gasteiger partial charge < -0.3 is 0 Å². The highest BCUT2D eigenvalue weighted by Gasteiger charge is 2.33. The Labute approximate surface area is 144 Å². The molecule has 0 fully saturated rings. The van der Waals surface area contributed by atoms with Crippen LogP contribution in [0, 0.1) is 19.3 Å². The van der Waals surface area contributed by atoms with Crippen LogP contribution in [0.4, 0.5) is 5.82 Å². The average Bonchev–Trinajstić information content (AvgIpc) is 2.72. The van der Waals surface area contributed by atoms with E-state index in [0.717, 1.165) is 22.6 Å². The van der Waals surface area contributed by atoms with E-state index in [0.29, 0.717) is 10.8 Å². The highest BCUT2D eigenvalue weighted by Crippen LogP contribution is 2.44. The summed E-state index contributed by atoms with van der Waals surface area (Å²) in [6.45, 7) is 2.21. The molecule has 4 nitrogen and oxygen atoms in total. The molecule has 1 atom stereocenters. The lowest BCUT2D eigenvalue weighted by molar-refractivity contribution is -0.116. The minimum atomic E-state index is 0.00802. The predicted molar refractivity (Wildman–Crippen MR) is 94.9 cm³/mol. The molecule has 2 aromatic rings. The number of thioether (sulfide) groups is 1. The number of carbonyl (C=O) groups excluding carboxylic acids is 1. The lowest BCUT2D eigenvalue weighted by Gasteiger charge is -2.20. The zero-order valence-corrected chi connectivity index (χ0v) is 14.5. The third-order valence-electron chi connectivity index (χ3n) is 3.85. The van der Waals surface area contributed by atoms with E-state index in [4.69, 9.17) is 18.0 Å². The quantitative estimate of drug-likeness (QED) is 0.785. The molecule has 0 aliphatic carbocycles. The largest absolute Gasteiger partial charge is 0.284 e. The van der Waals surface area contributed by atoms with Gasteiger partial charge in [0.1, 0.15) is 5.82 Å². The second-order valence-corrected chi connectivity index (χ2v) is 6.90. The second-order valence-electron chi connectivity index (χ2n) is 5.37. The Bertz CT molecular complexity index is 791. The van der Waals surface area contributed by atoms with Crippen LogP contribution in [0.25, 0.3) is 0 Å². The molecule has 1 aliphatic heterocycles. The van der Waals surface area contributed by atoms with Crippen molar-refractivity contribution in [3.05, 3.63) is 46.1 Å². The van der Waals surface area contributed by atoms with Crippen LogP contribution in [0.5, 0.6) is 0 Å². The molecule has 1 aromatic heterocycles. The first-order valence-electron chi connectivity index (χ1n) is 7.17. The minimum Gasteiger partial charge on any atom is -0.284 e. The van der Waals surface area contributed by atoms with Crippen molar-refractivity contribution in [2.75, 3.05) is 17.2 Å². The number of carbonyl (C=O) groups is 1. The topological polar surface area (TPSA) is 38.1 Å². The van der Waals surface area contributed by atoms with Crippen molar-refractivity contribution in [1.82, 2.24) is 9.78 Å². The van der Waals surface area contributed by atoms with Crippen molar-refractivity contribution < 1.29 is 4.79 Å². The molecular formula is C17H16ClN3OS. The van der Waals surface area contributed by atoms with Crippen molar-refractivity contribution in [2.45, 2.75) is 12.2 Å². The molecule has 1 aliphatic rings. The van der Waals surface area contributed by atoms with Gasteiger partial charge in [0.05, 0.1) is 23.2 Å². The summed E-state index contributed by atoms with van der Waals surface area (Å²) in [6.07, 6.45) is 5.45. The van der Waals surface area contributed by atoms with Crippen molar-refractivity contribution >= 4 is 35.1 Å². The summed E-state index contributed by atoms with van der Waals surface area (Å²) in [6, 6.07) is 7.73. The first-order chi connectivity index (χ1) is 11.0. The number of fused-ring (bicyclic) bond motifs is 1. The van der Waals surface area contributed by atoms with Crippen LogP contribution in [0.1, 0.15) is 22.1 Å². The third-order valence-corrected chi connectivity index (χ3v) is 5.36. The van der Waals surface area contributed by atoms with Crippen LogP contribution in [0.15, 0.2) is 24.3 Å². The fourth-order valence-corrected chi connectivity index (χ4v) is 4.26. The standard InChI is InChI=1S/C17H16ClN3OS/c1-4-9-21-14(22)10-23-16(12-5-7-13(18)8-6-12)15-11(2)19-20(3)17(15)21/h1,5-8,16H,9-10H2,2-3H3. The zero-order chi connectivity index (χ0) is 16.6. The van der Waals surface area contributed by atoms with Gasteiger partial charge in [0, 0.05) is 17.6 Å². The summed E-state index contributed by atoms with van der Waals surface area (Å²) < 4.78 is 1.74. The van der Waals surface area contributed by atoms with E-state index in [1.54, 1.807) is 21.3 Å². The Morgan fingerprint density at radius 3 is 2.78 bits per heavy atom. The van der Waals surface area contributed by atoms with Gasteiger partial charge in [-0.3, -0.25) is 14.4 Å². The monoisotopic (exact) mass is 345 g/mol.